The van der Waals surface area contributed by atoms with Crippen LogP contribution in [0.1, 0.15) is 0 Å². The first-order valence-corrected chi connectivity index (χ1v) is 3.00. The van der Waals surface area contributed by atoms with E-state index in [0.29, 0.717) is 0 Å². The molecule has 0 aromatic heterocycles. The molecule has 0 saturated carbocycles. The molecule has 2 nitrogen and oxygen atoms in total. The molecule has 0 aliphatic rings. The summed E-state index contributed by atoms with van der Waals surface area (Å²) in [4.78, 5) is 0. The van der Waals surface area contributed by atoms with Gasteiger partial charge in [-0.3, -0.25) is 0 Å². The SMILES string of the molecule is [AlH3].[AlH3].[O]=[Zn].[O]=[Zn]. The Labute approximate surface area is 77.6 Å². The standard InChI is InChI=1S/2Al.2O.2Zn.6H. The zero-order valence-corrected chi connectivity index (χ0v) is 8.16. The van der Waals surface area contributed by atoms with Gasteiger partial charge in [0.05, 0.1) is 0 Å². The van der Waals surface area contributed by atoms with Crippen LogP contribution in [-0.2, 0) is 43.7 Å². The van der Waals surface area contributed by atoms with Crippen LogP contribution in [0.25, 0.3) is 0 Å². The molecule has 0 fully saturated rings. The Morgan fingerprint density at radius 3 is 0.667 bits per heavy atom. The number of hydrogen-bond donors (Lipinski definition) is 0. The summed E-state index contributed by atoms with van der Waals surface area (Å²) in [6, 6.07) is 0. The van der Waals surface area contributed by atoms with E-state index in [0.717, 1.165) is 0 Å². The van der Waals surface area contributed by atoms with Crippen LogP contribution < -0.4 is 0 Å². The van der Waals surface area contributed by atoms with Crippen LogP contribution in [0, 0.1) is 0 Å². The van der Waals surface area contributed by atoms with Crippen LogP contribution in [-0.4, -0.2) is 34.7 Å². The molecule has 28 valence electrons. The summed E-state index contributed by atoms with van der Waals surface area (Å²) in [5, 5.41) is 0. The number of rotatable bonds is 0. The molecule has 0 bridgehead atoms. The maximum absolute atomic E-state index is 8.38. The van der Waals surface area contributed by atoms with Crippen molar-refractivity contribution in [2.45, 2.75) is 0 Å². The van der Waals surface area contributed by atoms with Crippen LogP contribution in [0.2, 0.25) is 0 Å². The monoisotopic (exact) mass is 220 g/mol. The molecule has 0 radical (unpaired) electrons. The van der Waals surface area contributed by atoms with E-state index in [4.69, 9.17) is 7.15 Å². The summed E-state index contributed by atoms with van der Waals surface area (Å²) in [6.07, 6.45) is 0. The fraction of sp³-hybridized carbons (Fsp3) is 0. The van der Waals surface area contributed by atoms with Crippen LogP contribution in [0.5, 0.6) is 0 Å². The van der Waals surface area contributed by atoms with Gasteiger partial charge in [0, 0.05) is 0 Å². The summed E-state index contributed by atoms with van der Waals surface area (Å²) in [5.41, 5.74) is 0. The van der Waals surface area contributed by atoms with Gasteiger partial charge in [0.2, 0.25) is 0 Å². The minimum atomic E-state index is 0. The molecule has 6 heteroatoms. The Morgan fingerprint density at radius 1 is 0.667 bits per heavy atom. The van der Waals surface area contributed by atoms with Gasteiger partial charge >= 0.3 is 43.7 Å². The van der Waals surface area contributed by atoms with Crippen LogP contribution in [0.3, 0.4) is 0 Å². The summed E-state index contributed by atoms with van der Waals surface area (Å²) in [7, 11) is 0. The zero-order valence-electron chi connectivity index (χ0n) is 2.23. The zero-order chi connectivity index (χ0) is 4.00. The van der Waals surface area contributed by atoms with Gasteiger partial charge in [-0.2, -0.15) is 0 Å². The van der Waals surface area contributed by atoms with E-state index in [2.05, 4.69) is 0 Å². The molecule has 0 N–H and O–H groups in total. The van der Waals surface area contributed by atoms with E-state index in [9.17, 15) is 0 Å². The molecule has 0 aromatic rings. The summed E-state index contributed by atoms with van der Waals surface area (Å²) < 4.78 is 16.8. The fourth-order valence-electron chi connectivity index (χ4n) is 0. The molecule has 0 rings (SSSR count). The third kappa shape index (κ3) is 39.0. The Balaban J connectivity index is -0.00000000500. The van der Waals surface area contributed by atoms with Crippen molar-refractivity contribution in [2.75, 3.05) is 0 Å². The maximum atomic E-state index is 8.38. The molecular formula is H6Al2O2Zn2. The van der Waals surface area contributed by atoms with Crippen molar-refractivity contribution < 1.29 is 43.7 Å². The molecule has 0 atom stereocenters. The van der Waals surface area contributed by atoms with Gasteiger partial charge in [-0.25, -0.2) is 0 Å². The van der Waals surface area contributed by atoms with E-state index in [1.165, 1.54) is 0 Å². The van der Waals surface area contributed by atoms with E-state index in [1.807, 2.05) is 0 Å². The molecule has 0 saturated heterocycles. The van der Waals surface area contributed by atoms with E-state index >= 15 is 0 Å². The molecule has 0 heterocycles. The van der Waals surface area contributed by atoms with E-state index in [1.54, 1.807) is 0 Å². The van der Waals surface area contributed by atoms with Crippen LogP contribution in [0.15, 0.2) is 0 Å². The van der Waals surface area contributed by atoms with Gasteiger partial charge in [0.15, 0.2) is 34.7 Å². The Morgan fingerprint density at radius 2 is 0.667 bits per heavy atom. The molecule has 0 aliphatic carbocycles. The fourth-order valence-corrected chi connectivity index (χ4v) is 0. The Kier molecular flexibility index (Phi) is 272. The van der Waals surface area contributed by atoms with Crippen molar-refractivity contribution in [3.8, 4) is 0 Å². The summed E-state index contributed by atoms with van der Waals surface area (Å²) in [5.74, 6) is 0. The van der Waals surface area contributed by atoms with Crippen molar-refractivity contribution >= 4 is 34.7 Å². The molecule has 0 aromatic carbocycles. The first kappa shape index (κ1) is 24.7. The predicted octanol–water partition coefficient (Wildman–Crippen LogP) is -2.61. The van der Waals surface area contributed by atoms with E-state index < -0.39 is 0 Å². The third-order valence-electron chi connectivity index (χ3n) is 0. The number of hydrogen-bond acceptors (Lipinski definition) is 2. The van der Waals surface area contributed by atoms with Gasteiger partial charge in [0.25, 0.3) is 0 Å². The second-order valence-corrected chi connectivity index (χ2v) is 0. The van der Waals surface area contributed by atoms with Crippen molar-refractivity contribution in [3.63, 3.8) is 0 Å². The van der Waals surface area contributed by atoms with Crippen molar-refractivity contribution in [1.29, 1.82) is 0 Å². The second-order valence-electron chi connectivity index (χ2n) is 0. The van der Waals surface area contributed by atoms with Crippen LogP contribution >= 0.6 is 0 Å². The molecule has 0 unspecified atom stereocenters. The normalized spacial score (nSPS) is 2.00. The first-order chi connectivity index (χ1) is 2.00. The summed E-state index contributed by atoms with van der Waals surface area (Å²) in [6.45, 7) is 0. The second kappa shape index (κ2) is 66.1. The molecule has 0 aliphatic heterocycles. The quantitative estimate of drug-likeness (QED) is 0.421. The predicted molar refractivity (Wildman–Crippen MR) is 21.3 cm³/mol. The van der Waals surface area contributed by atoms with E-state index in [-0.39, 0.29) is 71.2 Å². The first-order valence-electron chi connectivity index (χ1n) is 0.577. The average molecular weight is 223 g/mol. The Hall–Kier alpha value is 1.91. The minimum absolute atomic E-state index is 0. The van der Waals surface area contributed by atoms with Crippen molar-refractivity contribution in [1.82, 2.24) is 0 Å². The molecule has 0 spiro atoms. The van der Waals surface area contributed by atoms with Gasteiger partial charge in [-0.05, 0) is 0 Å². The van der Waals surface area contributed by atoms with Crippen molar-refractivity contribution in [2.24, 2.45) is 0 Å². The third-order valence-corrected chi connectivity index (χ3v) is 0. The van der Waals surface area contributed by atoms with Gasteiger partial charge in [0.1, 0.15) is 0 Å². The molecule has 0 amide bonds. The molecular weight excluding hydrogens is 217 g/mol. The van der Waals surface area contributed by atoms with Gasteiger partial charge in [-0.1, -0.05) is 0 Å². The van der Waals surface area contributed by atoms with Gasteiger partial charge in [-0.15, -0.1) is 0 Å². The average Bonchev–Trinajstić information content (AvgIpc) is 1.50. The Bertz CT molecular complexity index is 11.5. The molecule has 6 heavy (non-hydrogen) atoms. The summed E-state index contributed by atoms with van der Waals surface area (Å²) >= 11 is 0.250. The van der Waals surface area contributed by atoms with Gasteiger partial charge < -0.3 is 0 Å². The topological polar surface area (TPSA) is 34.1 Å². The van der Waals surface area contributed by atoms with Crippen LogP contribution in [0.4, 0.5) is 0 Å². The van der Waals surface area contributed by atoms with Crippen molar-refractivity contribution in [3.05, 3.63) is 0 Å².